The molecular weight excluding hydrogens is 354 g/mol. The van der Waals surface area contributed by atoms with E-state index in [4.69, 9.17) is 11.6 Å². The van der Waals surface area contributed by atoms with E-state index in [1.807, 2.05) is 25.1 Å². The topological polar surface area (TPSA) is 45.2 Å². The highest BCUT2D eigenvalue weighted by molar-refractivity contribution is 9.10. The molecule has 1 saturated heterocycles. The van der Waals surface area contributed by atoms with Crippen molar-refractivity contribution in [2.75, 3.05) is 36.0 Å². The second kappa shape index (κ2) is 6.15. The molecule has 7 heteroatoms. The molecule has 1 aliphatic rings. The third-order valence-corrected chi connectivity index (χ3v) is 4.27. The standard InChI is InChI=1S/C14H15BrClN5/c1-10-2-3-13(19-18-10)20-4-6-21(7-5-20)14-12(15)8-11(16)9-17-14/h2-3,8-9H,4-7H2,1H3. The molecular formula is C14H15BrClN5. The second-order valence-corrected chi connectivity index (χ2v) is 6.26. The highest BCUT2D eigenvalue weighted by Crippen LogP contribution is 2.27. The Balaban J connectivity index is 1.68. The molecule has 3 rings (SSSR count). The van der Waals surface area contributed by atoms with Crippen LogP contribution in [0.5, 0.6) is 0 Å². The molecule has 1 aliphatic heterocycles. The van der Waals surface area contributed by atoms with E-state index in [2.05, 4.69) is 40.9 Å². The van der Waals surface area contributed by atoms with Gasteiger partial charge in [-0.25, -0.2) is 4.98 Å². The van der Waals surface area contributed by atoms with Gasteiger partial charge in [-0.3, -0.25) is 0 Å². The summed E-state index contributed by atoms with van der Waals surface area (Å²) in [5.41, 5.74) is 0.937. The van der Waals surface area contributed by atoms with Crippen molar-refractivity contribution in [1.82, 2.24) is 15.2 Å². The van der Waals surface area contributed by atoms with Gasteiger partial charge >= 0.3 is 0 Å². The van der Waals surface area contributed by atoms with Crippen LogP contribution in [-0.4, -0.2) is 41.4 Å². The van der Waals surface area contributed by atoms with Crippen molar-refractivity contribution in [3.05, 3.63) is 39.6 Å². The largest absolute Gasteiger partial charge is 0.352 e. The number of pyridine rings is 1. The van der Waals surface area contributed by atoms with E-state index in [1.165, 1.54) is 0 Å². The van der Waals surface area contributed by atoms with Crippen molar-refractivity contribution in [2.24, 2.45) is 0 Å². The molecule has 0 unspecified atom stereocenters. The van der Waals surface area contributed by atoms with Crippen LogP contribution in [0.4, 0.5) is 11.6 Å². The van der Waals surface area contributed by atoms with Gasteiger partial charge in [0.05, 0.1) is 15.2 Å². The lowest BCUT2D eigenvalue weighted by Gasteiger charge is -2.36. The summed E-state index contributed by atoms with van der Waals surface area (Å²) in [5, 5.41) is 9.00. The van der Waals surface area contributed by atoms with E-state index < -0.39 is 0 Å². The first-order valence-electron chi connectivity index (χ1n) is 6.75. The number of hydrogen-bond donors (Lipinski definition) is 0. The van der Waals surface area contributed by atoms with Gasteiger partial charge < -0.3 is 9.80 Å². The lowest BCUT2D eigenvalue weighted by molar-refractivity contribution is 0.636. The Hall–Kier alpha value is -1.40. The molecule has 3 heterocycles. The van der Waals surface area contributed by atoms with Gasteiger partial charge in [-0.05, 0) is 41.1 Å². The Morgan fingerprint density at radius 1 is 1.10 bits per heavy atom. The maximum atomic E-state index is 5.94. The Kier molecular flexibility index (Phi) is 4.26. The smallest absolute Gasteiger partial charge is 0.151 e. The molecule has 5 nitrogen and oxygen atoms in total. The van der Waals surface area contributed by atoms with Crippen LogP contribution in [0, 0.1) is 6.92 Å². The van der Waals surface area contributed by atoms with E-state index in [0.29, 0.717) is 5.02 Å². The van der Waals surface area contributed by atoms with Crippen molar-refractivity contribution < 1.29 is 0 Å². The molecule has 2 aromatic heterocycles. The first kappa shape index (κ1) is 14.5. The normalized spacial score (nSPS) is 15.4. The van der Waals surface area contributed by atoms with Crippen molar-refractivity contribution in [2.45, 2.75) is 6.92 Å². The van der Waals surface area contributed by atoms with Crippen LogP contribution in [0.25, 0.3) is 0 Å². The van der Waals surface area contributed by atoms with Gasteiger partial charge in [-0.1, -0.05) is 11.6 Å². The Morgan fingerprint density at radius 3 is 2.43 bits per heavy atom. The molecule has 0 bridgehead atoms. The molecule has 2 aromatic rings. The van der Waals surface area contributed by atoms with Crippen LogP contribution < -0.4 is 9.80 Å². The third kappa shape index (κ3) is 3.27. The molecule has 0 atom stereocenters. The van der Waals surface area contributed by atoms with Gasteiger partial charge in [-0.2, -0.15) is 5.10 Å². The summed E-state index contributed by atoms with van der Waals surface area (Å²) in [5.74, 6) is 1.87. The Morgan fingerprint density at radius 2 is 1.81 bits per heavy atom. The second-order valence-electron chi connectivity index (χ2n) is 4.97. The van der Waals surface area contributed by atoms with Crippen LogP contribution >= 0.6 is 27.5 Å². The van der Waals surface area contributed by atoms with Gasteiger partial charge in [0.1, 0.15) is 5.82 Å². The van der Waals surface area contributed by atoms with Crippen molar-refractivity contribution >= 4 is 39.2 Å². The lowest BCUT2D eigenvalue weighted by atomic mass is 10.3. The van der Waals surface area contributed by atoms with E-state index in [-0.39, 0.29) is 0 Å². The van der Waals surface area contributed by atoms with E-state index >= 15 is 0 Å². The highest BCUT2D eigenvalue weighted by atomic mass is 79.9. The molecule has 0 aromatic carbocycles. The lowest BCUT2D eigenvalue weighted by Crippen LogP contribution is -2.47. The molecule has 0 aliphatic carbocycles. The van der Waals surface area contributed by atoms with Gasteiger partial charge in [0.15, 0.2) is 5.82 Å². The number of anilines is 2. The number of piperazine rings is 1. The average Bonchev–Trinajstić information content (AvgIpc) is 2.48. The summed E-state index contributed by atoms with van der Waals surface area (Å²) in [4.78, 5) is 8.90. The Bertz CT molecular complexity index is 626. The van der Waals surface area contributed by atoms with Gasteiger partial charge in [0, 0.05) is 32.4 Å². The van der Waals surface area contributed by atoms with E-state index in [1.54, 1.807) is 6.20 Å². The molecule has 0 radical (unpaired) electrons. The fourth-order valence-electron chi connectivity index (χ4n) is 2.35. The number of hydrogen-bond acceptors (Lipinski definition) is 5. The van der Waals surface area contributed by atoms with Crippen LogP contribution in [0.2, 0.25) is 5.02 Å². The van der Waals surface area contributed by atoms with E-state index in [9.17, 15) is 0 Å². The summed E-state index contributed by atoms with van der Waals surface area (Å²) in [7, 11) is 0. The highest BCUT2D eigenvalue weighted by Gasteiger charge is 2.20. The van der Waals surface area contributed by atoms with Crippen molar-refractivity contribution in [1.29, 1.82) is 0 Å². The fraction of sp³-hybridized carbons (Fsp3) is 0.357. The molecule has 0 amide bonds. The van der Waals surface area contributed by atoms with Crippen molar-refractivity contribution in [3.8, 4) is 0 Å². The molecule has 1 fully saturated rings. The van der Waals surface area contributed by atoms with E-state index in [0.717, 1.165) is 48.0 Å². The predicted molar refractivity (Wildman–Crippen MR) is 88.1 cm³/mol. The summed E-state index contributed by atoms with van der Waals surface area (Å²) in [6, 6.07) is 5.89. The summed E-state index contributed by atoms with van der Waals surface area (Å²) < 4.78 is 0.929. The summed E-state index contributed by atoms with van der Waals surface area (Å²) >= 11 is 9.46. The minimum atomic E-state index is 0.638. The minimum absolute atomic E-state index is 0.638. The Labute approximate surface area is 137 Å². The number of nitrogens with zero attached hydrogens (tertiary/aromatic N) is 5. The number of halogens is 2. The zero-order valence-corrected chi connectivity index (χ0v) is 14.0. The maximum Gasteiger partial charge on any atom is 0.151 e. The monoisotopic (exact) mass is 367 g/mol. The molecule has 21 heavy (non-hydrogen) atoms. The van der Waals surface area contributed by atoms with Crippen LogP contribution in [0.3, 0.4) is 0 Å². The molecule has 0 N–H and O–H groups in total. The molecule has 0 spiro atoms. The first-order chi connectivity index (χ1) is 10.1. The molecule has 110 valence electrons. The third-order valence-electron chi connectivity index (χ3n) is 3.48. The summed E-state index contributed by atoms with van der Waals surface area (Å²) in [6.07, 6.45) is 1.68. The number of aryl methyl sites for hydroxylation is 1. The predicted octanol–water partition coefficient (Wildman–Crippen LogP) is 2.92. The zero-order valence-electron chi connectivity index (χ0n) is 11.6. The summed E-state index contributed by atoms with van der Waals surface area (Å²) in [6.45, 7) is 5.52. The zero-order chi connectivity index (χ0) is 14.8. The van der Waals surface area contributed by atoms with Gasteiger partial charge in [0.2, 0.25) is 0 Å². The van der Waals surface area contributed by atoms with Crippen molar-refractivity contribution in [3.63, 3.8) is 0 Å². The van der Waals surface area contributed by atoms with Crippen LogP contribution in [-0.2, 0) is 0 Å². The average molecular weight is 369 g/mol. The minimum Gasteiger partial charge on any atom is -0.352 e. The number of rotatable bonds is 2. The molecule has 0 saturated carbocycles. The number of aromatic nitrogens is 3. The maximum absolute atomic E-state index is 5.94. The van der Waals surface area contributed by atoms with Crippen LogP contribution in [0.15, 0.2) is 28.9 Å². The fourth-order valence-corrected chi connectivity index (χ4v) is 3.24. The van der Waals surface area contributed by atoms with Gasteiger partial charge in [0.25, 0.3) is 0 Å². The quantitative estimate of drug-likeness (QED) is 0.815. The first-order valence-corrected chi connectivity index (χ1v) is 7.92. The van der Waals surface area contributed by atoms with Gasteiger partial charge in [-0.15, -0.1) is 5.10 Å². The SMILES string of the molecule is Cc1ccc(N2CCN(c3ncc(Cl)cc3Br)CC2)nn1. The van der Waals surface area contributed by atoms with Crippen LogP contribution in [0.1, 0.15) is 5.69 Å².